The smallest absolute Gasteiger partial charge is 0.283 e. The van der Waals surface area contributed by atoms with Crippen molar-refractivity contribution in [2.24, 2.45) is 4.99 Å². The normalized spacial score (nSPS) is 16.3. The van der Waals surface area contributed by atoms with Gasteiger partial charge in [-0.15, -0.1) is 0 Å². The van der Waals surface area contributed by atoms with Gasteiger partial charge in [0, 0.05) is 5.41 Å². The van der Waals surface area contributed by atoms with E-state index in [9.17, 15) is 4.79 Å². The van der Waals surface area contributed by atoms with E-state index in [4.69, 9.17) is 14.9 Å². The quantitative estimate of drug-likeness (QED) is 0.274. The van der Waals surface area contributed by atoms with Crippen molar-refractivity contribution in [3.05, 3.63) is 107 Å². The van der Waals surface area contributed by atoms with Gasteiger partial charge in [-0.1, -0.05) is 87.1 Å². The number of aliphatic imine (C=N–C) groups is 1. The molecule has 3 aromatic rings. The lowest BCUT2D eigenvalue weighted by Crippen LogP contribution is -2.38. The number of amidine groups is 2. The van der Waals surface area contributed by atoms with E-state index in [1.807, 2.05) is 72.1 Å². The Morgan fingerprint density at radius 3 is 2.34 bits per heavy atom. The molecule has 2 aliphatic heterocycles. The number of fused-ring (bicyclic) bond motifs is 1. The molecule has 6 nitrogen and oxygen atoms in total. The highest BCUT2D eigenvalue weighted by atomic mass is 32.2. The molecule has 0 saturated heterocycles. The summed E-state index contributed by atoms with van der Waals surface area (Å²) in [5.41, 5.74) is 4.15. The Labute approximate surface area is 227 Å². The van der Waals surface area contributed by atoms with Crippen LogP contribution in [0.5, 0.6) is 11.5 Å². The number of nitrogens with zero attached hydrogens (tertiary/aromatic N) is 2. The molecule has 38 heavy (non-hydrogen) atoms. The van der Waals surface area contributed by atoms with Crippen LogP contribution in [0.3, 0.4) is 0 Å². The first-order chi connectivity index (χ1) is 18.3. The highest BCUT2D eigenvalue weighted by Crippen LogP contribution is 2.37. The minimum absolute atomic E-state index is 0.103. The summed E-state index contributed by atoms with van der Waals surface area (Å²) in [4.78, 5) is 18.8. The predicted molar refractivity (Wildman–Crippen MR) is 155 cm³/mol. The SMILES string of the molecule is CC(C)(C)c1ccc(OCCOc2cccc(/C=C3/C(=N)N4C(c5ccccc5)=CSC4=NC3=O)c2)cc1. The number of amides is 1. The van der Waals surface area contributed by atoms with E-state index < -0.39 is 5.91 Å². The maximum atomic E-state index is 12.8. The zero-order valence-corrected chi connectivity index (χ0v) is 22.4. The predicted octanol–water partition coefficient (Wildman–Crippen LogP) is 6.75. The summed E-state index contributed by atoms with van der Waals surface area (Å²) in [6.07, 6.45) is 1.69. The van der Waals surface area contributed by atoms with Gasteiger partial charge in [0.25, 0.3) is 5.91 Å². The number of ether oxygens (including phenoxy) is 2. The number of hydrogen-bond donors (Lipinski definition) is 1. The van der Waals surface area contributed by atoms with Crippen molar-refractivity contribution in [2.75, 3.05) is 13.2 Å². The number of nitrogens with one attached hydrogen (secondary N) is 1. The Balaban J connectivity index is 1.24. The van der Waals surface area contributed by atoms with Crippen LogP contribution in [-0.2, 0) is 10.2 Å². The standard InChI is InChI=1S/C31H29N3O3S/c1-31(2,3)23-12-14-24(15-13-23)36-16-17-37-25-11-7-8-21(18-25)19-26-28(32)34-27(22-9-5-4-6-10-22)20-38-30(34)33-29(26)35/h4-15,18-20,32H,16-17H2,1-3H3/b26-19-,32-28?. The second-order valence-electron chi connectivity index (χ2n) is 9.97. The Kier molecular flexibility index (Phi) is 7.20. The van der Waals surface area contributed by atoms with Gasteiger partial charge in [0.15, 0.2) is 5.17 Å². The molecule has 1 amide bonds. The molecule has 3 aromatic carbocycles. The highest BCUT2D eigenvalue weighted by molar-refractivity contribution is 8.17. The van der Waals surface area contributed by atoms with Crippen LogP contribution in [0, 0.1) is 5.41 Å². The van der Waals surface area contributed by atoms with E-state index in [1.54, 1.807) is 11.0 Å². The van der Waals surface area contributed by atoms with E-state index in [1.165, 1.54) is 17.3 Å². The average Bonchev–Trinajstić information content (AvgIpc) is 3.33. The monoisotopic (exact) mass is 523 g/mol. The molecule has 0 aromatic heterocycles. The van der Waals surface area contributed by atoms with Gasteiger partial charge >= 0.3 is 0 Å². The summed E-state index contributed by atoms with van der Waals surface area (Å²) in [7, 11) is 0. The molecule has 0 radical (unpaired) electrons. The van der Waals surface area contributed by atoms with Gasteiger partial charge in [-0.25, -0.2) is 0 Å². The van der Waals surface area contributed by atoms with E-state index in [-0.39, 0.29) is 16.8 Å². The Morgan fingerprint density at radius 1 is 0.921 bits per heavy atom. The van der Waals surface area contributed by atoms with E-state index in [0.717, 1.165) is 22.6 Å². The summed E-state index contributed by atoms with van der Waals surface area (Å²) < 4.78 is 11.7. The molecule has 0 saturated carbocycles. The molecule has 0 spiro atoms. The van der Waals surface area contributed by atoms with Gasteiger partial charge in [-0.3, -0.25) is 15.1 Å². The number of thioether (sulfide) groups is 1. The Morgan fingerprint density at radius 2 is 1.63 bits per heavy atom. The second kappa shape index (κ2) is 10.7. The molecule has 1 N–H and O–H groups in total. The maximum Gasteiger partial charge on any atom is 0.283 e. The fraction of sp³-hybridized carbons (Fsp3) is 0.194. The van der Waals surface area contributed by atoms with E-state index in [0.29, 0.717) is 24.1 Å². The summed E-state index contributed by atoms with van der Waals surface area (Å²) in [5, 5.41) is 11.2. The first-order valence-corrected chi connectivity index (χ1v) is 13.3. The van der Waals surface area contributed by atoms with Crippen molar-refractivity contribution in [3.8, 4) is 11.5 Å². The fourth-order valence-corrected chi connectivity index (χ4v) is 5.03. The van der Waals surface area contributed by atoms with Gasteiger partial charge in [0.05, 0.1) is 11.3 Å². The van der Waals surface area contributed by atoms with Crippen molar-refractivity contribution in [2.45, 2.75) is 26.2 Å². The van der Waals surface area contributed by atoms with Crippen molar-refractivity contribution in [1.29, 1.82) is 5.41 Å². The molecule has 0 fully saturated rings. The lowest BCUT2D eigenvalue weighted by molar-refractivity contribution is -0.114. The molecule has 192 valence electrons. The van der Waals surface area contributed by atoms with Crippen LogP contribution >= 0.6 is 11.8 Å². The number of benzene rings is 3. The van der Waals surface area contributed by atoms with Crippen molar-refractivity contribution >= 4 is 40.4 Å². The molecule has 2 aliphatic rings. The minimum atomic E-state index is -0.423. The summed E-state index contributed by atoms with van der Waals surface area (Å²) in [6, 6.07) is 25.4. The summed E-state index contributed by atoms with van der Waals surface area (Å²) in [6.45, 7) is 7.33. The molecule has 0 aliphatic carbocycles. The third kappa shape index (κ3) is 5.58. The topological polar surface area (TPSA) is 75.0 Å². The van der Waals surface area contributed by atoms with Crippen molar-refractivity contribution < 1.29 is 14.3 Å². The maximum absolute atomic E-state index is 12.8. The first-order valence-electron chi connectivity index (χ1n) is 12.4. The minimum Gasteiger partial charge on any atom is -0.490 e. The van der Waals surface area contributed by atoms with Gasteiger partial charge in [0.2, 0.25) is 0 Å². The third-order valence-electron chi connectivity index (χ3n) is 6.19. The van der Waals surface area contributed by atoms with E-state index >= 15 is 0 Å². The third-order valence-corrected chi connectivity index (χ3v) is 7.02. The zero-order valence-electron chi connectivity index (χ0n) is 21.6. The van der Waals surface area contributed by atoms with E-state index in [2.05, 4.69) is 37.9 Å². The molecule has 2 heterocycles. The Bertz CT molecular complexity index is 1450. The van der Waals surface area contributed by atoms with Crippen LogP contribution < -0.4 is 9.47 Å². The van der Waals surface area contributed by atoms with Gasteiger partial charge in [0.1, 0.15) is 30.5 Å². The molecular formula is C31H29N3O3S. The number of rotatable bonds is 7. The Hall–Kier alpha value is -4.10. The van der Waals surface area contributed by atoms with Crippen LogP contribution in [0.4, 0.5) is 0 Å². The number of carbonyl (C=O) groups is 1. The molecule has 0 bridgehead atoms. The molecular weight excluding hydrogens is 494 g/mol. The summed E-state index contributed by atoms with van der Waals surface area (Å²) in [5.74, 6) is 1.15. The number of carbonyl (C=O) groups excluding carboxylic acids is 1. The van der Waals surface area contributed by atoms with Crippen molar-refractivity contribution in [1.82, 2.24) is 4.90 Å². The van der Waals surface area contributed by atoms with Crippen LogP contribution in [0.2, 0.25) is 0 Å². The summed E-state index contributed by atoms with van der Waals surface area (Å²) >= 11 is 1.35. The van der Waals surface area contributed by atoms with Gasteiger partial charge in [-0.2, -0.15) is 4.99 Å². The van der Waals surface area contributed by atoms with Crippen LogP contribution in [-0.4, -0.2) is 35.0 Å². The zero-order chi connectivity index (χ0) is 26.7. The molecule has 7 heteroatoms. The van der Waals surface area contributed by atoms with Crippen LogP contribution in [0.15, 0.2) is 94.8 Å². The molecule has 0 unspecified atom stereocenters. The van der Waals surface area contributed by atoms with Gasteiger partial charge < -0.3 is 9.47 Å². The largest absolute Gasteiger partial charge is 0.490 e. The van der Waals surface area contributed by atoms with Crippen LogP contribution in [0.1, 0.15) is 37.5 Å². The molecule has 0 atom stereocenters. The second-order valence-corrected chi connectivity index (χ2v) is 10.8. The average molecular weight is 524 g/mol. The fourth-order valence-electron chi connectivity index (χ4n) is 4.15. The van der Waals surface area contributed by atoms with Gasteiger partial charge in [-0.05, 0) is 52.4 Å². The highest BCUT2D eigenvalue weighted by Gasteiger charge is 2.36. The van der Waals surface area contributed by atoms with Crippen LogP contribution in [0.25, 0.3) is 11.8 Å². The van der Waals surface area contributed by atoms with Crippen molar-refractivity contribution in [3.63, 3.8) is 0 Å². The lowest BCUT2D eigenvalue weighted by Gasteiger charge is -2.26. The number of hydrogen-bond acceptors (Lipinski definition) is 5. The first kappa shape index (κ1) is 25.5. The molecule has 5 rings (SSSR count). The lowest BCUT2D eigenvalue weighted by atomic mass is 9.87.